The van der Waals surface area contributed by atoms with Crippen molar-refractivity contribution in [1.82, 2.24) is 4.90 Å². The Hall–Kier alpha value is -1.99. The average molecular weight is 314 g/mol. The molecule has 0 spiro atoms. The van der Waals surface area contributed by atoms with Gasteiger partial charge in [-0.3, -0.25) is 0 Å². The molecule has 1 aliphatic rings. The van der Waals surface area contributed by atoms with Gasteiger partial charge < -0.3 is 14.6 Å². The molecule has 0 amide bonds. The zero-order chi connectivity index (χ0) is 16.4. The zero-order valence-corrected chi connectivity index (χ0v) is 13.9. The van der Waals surface area contributed by atoms with Gasteiger partial charge in [0.1, 0.15) is 6.17 Å². The second kappa shape index (κ2) is 6.64. The number of aryl methyl sites for hydroxylation is 1. The molecule has 0 aliphatic carbocycles. The fourth-order valence-electron chi connectivity index (χ4n) is 3.27. The van der Waals surface area contributed by atoms with Crippen molar-refractivity contribution in [3.63, 3.8) is 0 Å². The van der Waals surface area contributed by atoms with Gasteiger partial charge in [0, 0.05) is 24.0 Å². The van der Waals surface area contributed by atoms with Gasteiger partial charge in [0.05, 0.1) is 11.7 Å². The Balaban J connectivity index is 1.96. The van der Waals surface area contributed by atoms with Crippen LogP contribution in [-0.2, 0) is 6.42 Å². The second-order valence-electron chi connectivity index (χ2n) is 6.14. The van der Waals surface area contributed by atoms with Crippen molar-refractivity contribution in [2.45, 2.75) is 38.9 Å². The molecule has 2 heterocycles. The number of furan rings is 1. The molecule has 1 aromatic heterocycles. The lowest BCUT2D eigenvalue weighted by Gasteiger charge is -2.33. The fraction of sp³-hybridized carbons (Fsp3) is 0.474. The number of nitrogens with one attached hydrogen (secondary N) is 1. The van der Waals surface area contributed by atoms with Crippen molar-refractivity contribution in [3.8, 4) is 11.8 Å². The Morgan fingerprint density at radius 2 is 2.26 bits per heavy atom. The molecule has 1 aliphatic heterocycles. The largest absolute Gasteiger partial charge is 0.445 e. The van der Waals surface area contributed by atoms with E-state index in [-0.39, 0.29) is 6.04 Å². The zero-order valence-electron chi connectivity index (χ0n) is 13.9. The minimum absolute atomic E-state index is 0.173. The molecule has 0 saturated carbocycles. The van der Waals surface area contributed by atoms with E-state index in [4.69, 9.17) is 4.42 Å². The molecule has 1 N–H and O–H groups in total. The Kier molecular flexibility index (Phi) is 4.58. The van der Waals surface area contributed by atoms with Crippen LogP contribution in [-0.4, -0.2) is 37.3 Å². The van der Waals surface area contributed by atoms with Crippen LogP contribution in [0.2, 0.25) is 0 Å². The molecule has 3 nitrogen and oxygen atoms in total. The SMILES string of the molecule is CC#Cc1oc2c(NC3CCN(C)CC3F)cccc2c1CC. The third kappa shape index (κ3) is 3.07. The lowest BCUT2D eigenvalue weighted by Crippen LogP contribution is -2.46. The van der Waals surface area contributed by atoms with Crippen molar-refractivity contribution in [1.29, 1.82) is 0 Å². The maximum absolute atomic E-state index is 14.3. The van der Waals surface area contributed by atoms with Crippen molar-refractivity contribution >= 4 is 16.7 Å². The molecule has 0 radical (unpaired) electrons. The highest BCUT2D eigenvalue weighted by atomic mass is 19.1. The first kappa shape index (κ1) is 15.9. The first-order valence-corrected chi connectivity index (χ1v) is 8.20. The molecular weight excluding hydrogens is 291 g/mol. The summed E-state index contributed by atoms with van der Waals surface area (Å²) in [6.45, 7) is 5.27. The fourth-order valence-corrected chi connectivity index (χ4v) is 3.27. The van der Waals surface area contributed by atoms with Gasteiger partial charge in [-0.2, -0.15) is 0 Å². The molecule has 1 aromatic carbocycles. The molecule has 23 heavy (non-hydrogen) atoms. The molecule has 4 heteroatoms. The van der Waals surface area contributed by atoms with Crippen molar-refractivity contribution in [2.24, 2.45) is 0 Å². The minimum atomic E-state index is -0.875. The summed E-state index contributed by atoms with van der Waals surface area (Å²) in [6, 6.07) is 5.82. The standard InChI is InChI=1S/C19H23FN2O/c1-4-7-18-13(5-2)14-8-6-9-17(19(14)23-18)21-16-10-11-22(3)12-15(16)20/h6,8-9,15-16,21H,5,10-12H2,1-3H3. The van der Waals surface area contributed by atoms with Crippen molar-refractivity contribution < 1.29 is 8.81 Å². The molecule has 2 atom stereocenters. The quantitative estimate of drug-likeness (QED) is 0.873. The molecule has 1 saturated heterocycles. The first-order valence-electron chi connectivity index (χ1n) is 8.20. The van der Waals surface area contributed by atoms with E-state index in [9.17, 15) is 4.39 Å². The van der Waals surface area contributed by atoms with E-state index >= 15 is 0 Å². The van der Waals surface area contributed by atoms with Crippen LogP contribution in [0.4, 0.5) is 10.1 Å². The number of hydrogen-bond acceptors (Lipinski definition) is 3. The minimum Gasteiger partial charge on any atom is -0.445 e. The lowest BCUT2D eigenvalue weighted by atomic mass is 10.0. The van der Waals surface area contributed by atoms with Gasteiger partial charge in [-0.25, -0.2) is 4.39 Å². The average Bonchev–Trinajstić information content (AvgIpc) is 2.88. The smallest absolute Gasteiger partial charge is 0.181 e. The van der Waals surface area contributed by atoms with Crippen molar-refractivity contribution in [3.05, 3.63) is 29.5 Å². The summed E-state index contributed by atoms with van der Waals surface area (Å²) < 4.78 is 20.3. The van der Waals surface area contributed by atoms with Gasteiger partial charge >= 0.3 is 0 Å². The Morgan fingerprint density at radius 3 is 2.96 bits per heavy atom. The van der Waals surface area contributed by atoms with E-state index in [2.05, 4.69) is 24.1 Å². The van der Waals surface area contributed by atoms with Crippen LogP contribution in [0.25, 0.3) is 11.0 Å². The Morgan fingerprint density at radius 1 is 1.43 bits per heavy atom. The van der Waals surface area contributed by atoms with Gasteiger partial charge in [-0.15, -0.1) is 0 Å². The van der Waals surface area contributed by atoms with E-state index in [1.807, 2.05) is 30.1 Å². The first-order chi connectivity index (χ1) is 11.1. The molecule has 0 bridgehead atoms. The van der Waals surface area contributed by atoms with Crippen LogP contribution >= 0.6 is 0 Å². The Labute approximate surface area is 136 Å². The van der Waals surface area contributed by atoms with E-state index in [1.54, 1.807) is 6.92 Å². The number of halogens is 1. The highest BCUT2D eigenvalue weighted by molar-refractivity contribution is 5.93. The maximum atomic E-state index is 14.3. The number of hydrogen-bond donors (Lipinski definition) is 1. The highest BCUT2D eigenvalue weighted by Gasteiger charge is 2.28. The normalized spacial score (nSPS) is 21.9. The van der Waals surface area contributed by atoms with E-state index in [0.717, 1.165) is 47.4 Å². The lowest BCUT2D eigenvalue weighted by molar-refractivity contribution is 0.149. The molecule has 2 unspecified atom stereocenters. The van der Waals surface area contributed by atoms with Crippen LogP contribution in [0, 0.1) is 11.8 Å². The van der Waals surface area contributed by atoms with Gasteiger partial charge in [0.15, 0.2) is 11.3 Å². The number of fused-ring (bicyclic) bond motifs is 1. The summed E-state index contributed by atoms with van der Waals surface area (Å²) in [6.07, 6.45) is 0.775. The number of piperidine rings is 1. The summed E-state index contributed by atoms with van der Waals surface area (Å²) >= 11 is 0. The van der Waals surface area contributed by atoms with Gasteiger partial charge in [0.25, 0.3) is 0 Å². The van der Waals surface area contributed by atoms with E-state index < -0.39 is 6.17 Å². The van der Waals surface area contributed by atoms with Gasteiger partial charge in [-0.1, -0.05) is 25.0 Å². The number of anilines is 1. The molecule has 3 rings (SSSR count). The van der Waals surface area contributed by atoms with Crippen molar-refractivity contribution in [2.75, 3.05) is 25.5 Å². The van der Waals surface area contributed by atoms with Crippen LogP contribution in [0.3, 0.4) is 0 Å². The number of rotatable bonds is 3. The number of nitrogens with zero attached hydrogens (tertiary/aromatic N) is 1. The number of para-hydroxylation sites is 1. The van der Waals surface area contributed by atoms with E-state index in [1.165, 1.54) is 0 Å². The molecular formula is C19H23FN2O. The number of benzene rings is 1. The predicted octanol–water partition coefficient (Wildman–Crippen LogP) is 3.82. The Bertz CT molecular complexity index is 756. The molecule has 122 valence electrons. The van der Waals surface area contributed by atoms with Gasteiger partial charge in [0.2, 0.25) is 0 Å². The molecule has 1 fully saturated rings. The van der Waals surface area contributed by atoms with Crippen LogP contribution < -0.4 is 5.32 Å². The monoisotopic (exact) mass is 314 g/mol. The van der Waals surface area contributed by atoms with Crippen LogP contribution in [0.5, 0.6) is 0 Å². The third-order valence-corrected chi connectivity index (χ3v) is 4.50. The molecule has 2 aromatic rings. The maximum Gasteiger partial charge on any atom is 0.181 e. The van der Waals surface area contributed by atoms with Gasteiger partial charge in [-0.05, 0) is 38.8 Å². The summed E-state index contributed by atoms with van der Waals surface area (Å²) in [5.74, 6) is 6.66. The highest BCUT2D eigenvalue weighted by Crippen LogP contribution is 2.32. The second-order valence-corrected chi connectivity index (χ2v) is 6.14. The van der Waals surface area contributed by atoms with Crippen LogP contribution in [0.15, 0.2) is 22.6 Å². The summed E-state index contributed by atoms with van der Waals surface area (Å²) in [4.78, 5) is 2.03. The topological polar surface area (TPSA) is 28.4 Å². The number of likely N-dealkylation sites (tertiary alicyclic amines) is 1. The summed E-state index contributed by atoms with van der Waals surface area (Å²) in [5, 5.41) is 4.43. The third-order valence-electron chi connectivity index (χ3n) is 4.50. The van der Waals surface area contributed by atoms with E-state index in [0.29, 0.717) is 6.54 Å². The number of alkyl halides is 1. The summed E-state index contributed by atoms with van der Waals surface area (Å²) in [5.41, 5.74) is 2.77. The summed E-state index contributed by atoms with van der Waals surface area (Å²) in [7, 11) is 1.96. The van der Waals surface area contributed by atoms with Crippen LogP contribution in [0.1, 0.15) is 31.6 Å². The predicted molar refractivity (Wildman–Crippen MR) is 92.6 cm³/mol.